The van der Waals surface area contributed by atoms with Crippen molar-refractivity contribution in [1.29, 1.82) is 0 Å². The van der Waals surface area contributed by atoms with Crippen molar-refractivity contribution in [2.24, 2.45) is 0 Å². The van der Waals surface area contributed by atoms with Crippen LogP contribution < -0.4 is 5.32 Å². The van der Waals surface area contributed by atoms with Crippen molar-refractivity contribution in [1.82, 2.24) is 10.2 Å². The summed E-state index contributed by atoms with van der Waals surface area (Å²) >= 11 is 0. The zero-order valence-electron chi connectivity index (χ0n) is 11.2. The molecule has 2 rings (SSSR count). The Morgan fingerprint density at radius 1 is 1.21 bits per heavy atom. The number of halogens is 1. The largest absolute Gasteiger partial charge is 0.352 e. The zero-order chi connectivity index (χ0) is 13.5. The van der Waals surface area contributed by atoms with E-state index in [-0.39, 0.29) is 11.5 Å². The third kappa shape index (κ3) is 4.31. The highest BCUT2D eigenvalue weighted by Gasteiger charge is 2.11. The molecule has 1 N–H and O–H groups in total. The molecule has 1 amide bonds. The van der Waals surface area contributed by atoms with E-state index in [4.69, 9.17) is 0 Å². The maximum atomic E-state index is 13.4. The van der Waals surface area contributed by atoms with E-state index < -0.39 is 5.82 Å². The number of hydrogen-bond acceptors (Lipinski definition) is 2. The van der Waals surface area contributed by atoms with Crippen molar-refractivity contribution in [3.05, 3.63) is 35.6 Å². The SMILES string of the molecule is O=C(NCCCN1CCCCC1)c1ccccc1F. The quantitative estimate of drug-likeness (QED) is 0.828. The molecule has 1 aromatic rings. The smallest absolute Gasteiger partial charge is 0.254 e. The first-order chi connectivity index (χ1) is 9.27. The zero-order valence-corrected chi connectivity index (χ0v) is 11.2. The topological polar surface area (TPSA) is 32.3 Å². The van der Waals surface area contributed by atoms with Crippen LogP contribution in [-0.4, -0.2) is 37.0 Å². The maximum Gasteiger partial charge on any atom is 0.254 e. The van der Waals surface area contributed by atoms with Crippen molar-refractivity contribution in [2.45, 2.75) is 25.7 Å². The van der Waals surface area contributed by atoms with Gasteiger partial charge in [0.15, 0.2) is 0 Å². The fraction of sp³-hybridized carbons (Fsp3) is 0.533. The monoisotopic (exact) mass is 264 g/mol. The van der Waals surface area contributed by atoms with Crippen LogP contribution in [-0.2, 0) is 0 Å². The number of rotatable bonds is 5. The van der Waals surface area contributed by atoms with Gasteiger partial charge in [-0.1, -0.05) is 18.6 Å². The summed E-state index contributed by atoms with van der Waals surface area (Å²) in [5.74, 6) is -0.784. The Morgan fingerprint density at radius 3 is 2.68 bits per heavy atom. The Labute approximate surface area is 113 Å². The molecule has 1 aliphatic heterocycles. The predicted molar refractivity (Wildman–Crippen MR) is 73.6 cm³/mol. The number of amides is 1. The van der Waals surface area contributed by atoms with Gasteiger partial charge in [-0.3, -0.25) is 4.79 Å². The van der Waals surface area contributed by atoms with Crippen LogP contribution in [0.1, 0.15) is 36.0 Å². The number of carbonyl (C=O) groups excluding carboxylic acids is 1. The third-order valence-electron chi connectivity index (χ3n) is 3.50. The number of benzene rings is 1. The van der Waals surface area contributed by atoms with Gasteiger partial charge in [0.05, 0.1) is 5.56 Å². The lowest BCUT2D eigenvalue weighted by Crippen LogP contribution is -2.33. The molecule has 1 aromatic carbocycles. The molecule has 1 fully saturated rings. The van der Waals surface area contributed by atoms with Gasteiger partial charge in [-0.05, 0) is 51.0 Å². The first kappa shape index (κ1) is 14.0. The molecule has 0 aromatic heterocycles. The summed E-state index contributed by atoms with van der Waals surface area (Å²) in [5.41, 5.74) is 0.125. The Morgan fingerprint density at radius 2 is 1.95 bits per heavy atom. The molecule has 0 bridgehead atoms. The van der Waals surface area contributed by atoms with E-state index in [1.165, 1.54) is 44.5 Å². The van der Waals surface area contributed by atoms with Crippen LogP contribution in [0.5, 0.6) is 0 Å². The van der Waals surface area contributed by atoms with E-state index in [0.717, 1.165) is 13.0 Å². The summed E-state index contributed by atoms with van der Waals surface area (Å²) in [6, 6.07) is 6.08. The summed E-state index contributed by atoms with van der Waals surface area (Å²) < 4.78 is 13.4. The molecule has 0 spiro atoms. The van der Waals surface area contributed by atoms with Gasteiger partial charge in [-0.2, -0.15) is 0 Å². The van der Waals surface area contributed by atoms with Crippen LogP contribution in [0.25, 0.3) is 0 Å². The van der Waals surface area contributed by atoms with E-state index in [1.54, 1.807) is 12.1 Å². The lowest BCUT2D eigenvalue weighted by Gasteiger charge is -2.26. The molecular weight excluding hydrogens is 243 g/mol. The van der Waals surface area contributed by atoms with Gasteiger partial charge in [0.1, 0.15) is 5.82 Å². The van der Waals surface area contributed by atoms with Gasteiger partial charge in [-0.25, -0.2) is 4.39 Å². The Balaban J connectivity index is 1.68. The van der Waals surface area contributed by atoms with Crippen molar-refractivity contribution in [3.8, 4) is 0 Å². The molecule has 104 valence electrons. The number of hydrogen-bond donors (Lipinski definition) is 1. The predicted octanol–water partition coefficient (Wildman–Crippen LogP) is 2.43. The molecule has 1 heterocycles. The molecule has 1 saturated heterocycles. The van der Waals surface area contributed by atoms with Gasteiger partial charge in [0.2, 0.25) is 0 Å². The number of carbonyl (C=O) groups is 1. The molecule has 0 atom stereocenters. The van der Waals surface area contributed by atoms with Crippen molar-refractivity contribution >= 4 is 5.91 Å². The standard InChI is InChI=1S/C15H21FN2O/c16-14-8-3-2-7-13(14)15(19)17-9-6-12-18-10-4-1-5-11-18/h2-3,7-8H,1,4-6,9-12H2,(H,17,19). The van der Waals surface area contributed by atoms with Crippen molar-refractivity contribution in [3.63, 3.8) is 0 Å². The summed E-state index contributed by atoms with van der Waals surface area (Å²) in [4.78, 5) is 14.2. The van der Waals surface area contributed by atoms with E-state index in [0.29, 0.717) is 6.54 Å². The molecule has 4 heteroatoms. The average molecular weight is 264 g/mol. The van der Waals surface area contributed by atoms with Crippen LogP contribution in [0.2, 0.25) is 0 Å². The Hall–Kier alpha value is -1.42. The van der Waals surface area contributed by atoms with Crippen LogP contribution in [0.4, 0.5) is 4.39 Å². The molecule has 0 saturated carbocycles. The maximum absolute atomic E-state index is 13.4. The first-order valence-corrected chi connectivity index (χ1v) is 7.02. The number of nitrogens with one attached hydrogen (secondary N) is 1. The fourth-order valence-electron chi connectivity index (χ4n) is 2.43. The highest BCUT2D eigenvalue weighted by molar-refractivity contribution is 5.94. The molecule has 0 aliphatic carbocycles. The number of piperidine rings is 1. The lowest BCUT2D eigenvalue weighted by atomic mass is 10.1. The van der Waals surface area contributed by atoms with Gasteiger partial charge >= 0.3 is 0 Å². The minimum atomic E-state index is -0.462. The Kier molecular flexibility index (Phi) is 5.33. The molecular formula is C15H21FN2O. The summed E-state index contributed by atoms with van der Waals surface area (Å²) in [7, 11) is 0. The minimum absolute atomic E-state index is 0.125. The van der Waals surface area contributed by atoms with E-state index in [2.05, 4.69) is 10.2 Å². The highest BCUT2D eigenvalue weighted by atomic mass is 19.1. The highest BCUT2D eigenvalue weighted by Crippen LogP contribution is 2.09. The van der Waals surface area contributed by atoms with E-state index >= 15 is 0 Å². The van der Waals surface area contributed by atoms with Crippen LogP contribution >= 0.6 is 0 Å². The van der Waals surface area contributed by atoms with Gasteiger partial charge in [-0.15, -0.1) is 0 Å². The van der Waals surface area contributed by atoms with Gasteiger partial charge in [0.25, 0.3) is 5.91 Å². The van der Waals surface area contributed by atoms with Gasteiger partial charge < -0.3 is 10.2 Å². The summed E-state index contributed by atoms with van der Waals surface area (Å²) in [6.45, 7) is 3.95. The molecule has 3 nitrogen and oxygen atoms in total. The van der Waals surface area contributed by atoms with Crippen LogP contribution in [0.3, 0.4) is 0 Å². The minimum Gasteiger partial charge on any atom is -0.352 e. The molecule has 1 aliphatic rings. The van der Waals surface area contributed by atoms with Crippen LogP contribution in [0, 0.1) is 5.82 Å². The second kappa shape index (κ2) is 7.24. The summed E-state index contributed by atoms with van der Waals surface area (Å²) in [6.07, 6.45) is 4.81. The lowest BCUT2D eigenvalue weighted by molar-refractivity contribution is 0.0947. The fourth-order valence-corrected chi connectivity index (χ4v) is 2.43. The third-order valence-corrected chi connectivity index (χ3v) is 3.50. The second-order valence-electron chi connectivity index (χ2n) is 4.99. The van der Waals surface area contributed by atoms with Crippen molar-refractivity contribution in [2.75, 3.05) is 26.2 Å². The molecule has 19 heavy (non-hydrogen) atoms. The van der Waals surface area contributed by atoms with Crippen LogP contribution in [0.15, 0.2) is 24.3 Å². The number of nitrogens with zero attached hydrogens (tertiary/aromatic N) is 1. The average Bonchev–Trinajstić information content (AvgIpc) is 2.45. The first-order valence-electron chi connectivity index (χ1n) is 7.02. The van der Waals surface area contributed by atoms with Crippen molar-refractivity contribution < 1.29 is 9.18 Å². The molecule has 0 unspecified atom stereocenters. The van der Waals surface area contributed by atoms with E-state index in [9.17, 15) is 9.18 Å². The second-order valence-corrected chi connectivity index (χ2v) is 4.99. The Bertz CT molecular complexity index is 416. The normalized spacial score (nSPS) is 16.3. The van der Waals surface area contributed by atoms with Gasteiger partial charge in [0, 0.05) is 6.54 Å². The number of likely N-dealkylation sites (tertiary alicyclic amines) is 1. The molecule has 0 radical (unpaired) electrons. The summed E-state index contributed by atoms with van der Waals surface area (Å²) in [5, 5.41) is 2.77. The van der Waals surface area contributed by atoms with E-state index in [1.807, 2.05) is 0 Å².